The van der Waals surface area contributed by atoms with E-state index >= 15 is 0 Å². The Hall–Kier alpha value is -1.97. The van der Waals surface area contributed by atoms with Gasteiger partial charge in [-0.1, -0.05) is 6.07 Å². The van der Waals surface area contributed by atoms with Crippen LogP contribution in [0.1, 0.15) is 10.7 Å². The molecule has 0 aliphatic carbocycles. The van der Waals surface area contributed by atoms with Gasteiger partial charge >= 0.3 is 0 Å². The lowest BCUT2D eigenvalue weighted by Gasteiger charge is -1.70. The van der Waals surface area contributed by atoms with Crippen molar-refractivity contribution in [3.8, 4) is 0 Å². The minimum atomic E-state index is 0.125. The second-order valence-corrected chi connectivity index (χ2v) is 2.01. The lowest BCUT2D eigenvalue weighted by atomic mass is 10.5. The van der Waals surface area contributed by atoms with Crippen LogP contribution < -0.4 is 0 Å². The summed E-state index contributed by atoms with van der Waals surface area (Å²) < 4.78 is 4.50. The summed E-state index contributed by atoms with van der Waals surface area (Å²) in [7, 11) is 0. The van der Waals surface area contributed by atoms with Gasteiger partial charge in [-0.3, -0.25) is 9.78 Å². The van der Waals surface area contributed by atoms with Crippen molar-refractivity contribution in [1.82, 2.24) is 9.97 Å². The molecule has 0 fully saturated rings. The molecule has 0 saturated heterocycles. The van der Waals surface area contributed by atoms with Gasteiger partial charge in [0.1, 0.15) is 6.26 Å². The minimum Gasteiger partial charge on any atom is -0.443 e. The van der Waals surface area contributed by atoms with Crippen LogP contribution in [0.3, 0.4) is 0 Å². The van der Waals surface area contributed by atoms with E-state index in [4.69, 9.17) is 0 Å². The van der Waals surface area contributed by atoms with Crippen molar-refractivity contribution in [1.29, 1.82) is 0 Å². The second kappa shape index (κ2) is 5.65. The first-order valence-electron chi connectivity index (χ1n) is 3.63. The molecule has 2 rings (SSSR count). The molecule has 4 nitrogen and oxygen atoms in total. The Morgan fingerprint density at radius 3 is 2.15 bits per heavy atom. The Morgan fingerprint density at radius 2 is 1.92 bits per heavy atom. The first-order chi connectivity index (χ1) is 6.43. The number of aromatic nitrogens is 2. The summed E-state index contributed by atoms with van der Waals surface area (Å²) >= 11 is 0. The zero-order valence-corrected chi connectivity index (χ0v) is 6.83. The maximum absolute atomic E-state index is 9.71. The van der Waals surface area contributed by atoms with E-state index in [0.717, 1.165) is 0 Å². The van der Waals surface area contributed by atoms with Crippen LogP contribution in [-0.2, 0) is 0 Å². The van der Waals surface area contributed by atoms with Crippen LogP contribution in [0.25, 0.3) is 0 Å². The molecular weight excluding hydrogens is 168 g/mol. The van der Waals surface area contributed by atoms with Gasteiger partial charge in [-0.25, -0.2) is 4.98 Å². The molecular formula is C9H8N2O2. The molecule has 0 bridgehead atoms. The van der Waals surface area contributed by atoms with Gasteiger partial charge in [0.15, 0.2) is 0 Å². The van der Waals surface area contributed by atoms with Crippen LogP contribution in [0.5, 0.6) is 0 Å². The summed E-state index contributed by atoms with van der Waals surface area (Å²) in [5.74, 6) is 0.125. The first kappa shape index (κ1) is 9.12. The van der Waals surface area contributed by atoms with Crippen LogP contribution in [-0.4, -0.2) is 16.3 Å². The quantitative estimate of drug-likeness (QED) is 0.619. The Bertz CT molecular complexity index is 292. The average molecular weight is 176 g/mol. The van der Waals surface area contributed by atoms with Crippen LogP contribution >= 0.6 is 0 Å². The van der Waals surface area contributed by atoms with E-state index in [1.165, 1.54) is 12.5 Å². The lowest BCUT2D eigenvalue weighted by molar-refractivity contribution is 0.109. The van der Waals surface area contributed by atoms with Gasteiger partial charge < -0.3 is 4.42 Å². The van der Waals surface area contributed by atoms with E-state index < -0.39 is 0 Å². The van der Waals surface area contributed by atoms with Crippen molar-refractivity contribution in [2.75, 3.05) is 0 Å². The Labute approximate surface area is 75.3 Å². The predicted molar refractivity (Wildman–Crippen MR) is 46.1 cm³/mol. The van der Waals surface area contributed by atoms with Gasteiger partial charge in [-0.2, -0.15) is 0 Å². The molecule has 0 atom stereocenters. The molecule has 2 heterocycles. The molecule has 0 spiro atoms. The SMILES string of the molecule is O=Cc1ncco1.c1ccncc1. The summed E-state index contributed by atoms with van der Waals surface area (Å²) in [5, 5.41) is 0. The highest BCUT2D eigenvalue weighted by molar-refractivity contribution is 5.66. The molecule has 13 heavy (non-hydrogen) atoms. The fourth-order valence-electron chi connectivity index (χ4n) is 0.605. The van der Waals surface area contributed by atoms with E-state index in [-0.39, 0.29) is 5.89 Å². The number of oxazole rings is 1. The predicted octanol–water partition coefficient (Wildman–Crippen LogP) is 1.57. The van der Waals surface area contributed by atoms with Crippen molar-refractivity contribution in [2.24, 2.45) is 0 Å². The van der Waals surface area contributed by atoms with Gasteiger partial charge in [0, 0.05) is 12.4 Å². The average Bonchev–Trinajstić information content (AvgIpc) is 2.74. The number of nitrogens with zero attached hydrogens (tertiary/aromatic N) is 2. The zero-order chi connectivity index (χ0) is 9.36. The summed E-state index contributed by atoms with van der Waals surface area (Å²) in [4.78, 5) is 17.0. The van der Waals surface area contributed by atoms with Gasteiger partial charge in [0.2, 0.25) is 6.29 Å². The molecule has 4 heteroatoms. The van der Waals surface area contributed by atoms with Gasteiger partial charge in [0.25, 0.3) is 5.89 Å². The molecule has 0 aliphatic rings. The fourth-order valence-corrected chi connectivity index (χ4v) is 0.605. The number of rotatable bonds is 1. The molecule has 0 aromatic carbocycles. The first-order valence-corrected chi connectivity index (χ1v) is 3.63. The summed E-state index contributed by atoms with van der Waals surface area (Å²) in [5.41, 5.74) is 0. The molecule has 0 radical (unpaired) electrons. The van der Waals surface area contributed by atoms with E-state index in [1.807, 2.05) is 18.2 Å². The van der Waals surface area contributed by atoms with E-state index in [0.29, 0.717) is 6.29 Å². The molecule has 0 aliphatic heterocycles. The standard InChI is InChI=1S/C5H5N.C4H3NO2/c1-2-4-6-5-3-1;6-3-4-5-1-2-7-4/h1-5H;1-3H. The number of pyridine rings is 1. The van der Waals surface area contributed by atoms with Gasteiger partial charge in [-0.05, 0) is 12.1 Å². The largest absolute Gasteiger partial charge is 0.443 e. The third-order valence-electron chi connectivity index (χ3n) is 1.12. The summed E-state index contributed by atoms with van der Waals surface area (Å²) in [6.07, 6.45) is 6.83. The maximum Gasteiger partial charge on any atom is 0.259 e. The van der Waals surface area contributed by atoms with Crippen LogP contribution in [0.15, 0.2) is 47.5 Å². The van der Waals surface area contributed by atoms with Gasteiger partial charge in [-0.15, -0.1) is 0 Å². The highest BCUT2D eigenvalue weighted by atomic mass is 16.3. The third kappa shape index (κ3) is 3.81. The van der Waals surface area contributed by atoms with Gasteiger partial charge in [0.05, 0.1) is 6.20 Å². The molecule has 66 valence electrons. The molecule has 0 amide bonds. The van der Waals surface area contributed by atoms with Crippen LogP contribution in [0, 0.1) is 0 Å². The number of carbonyl (C=O) groups is 1. The van der Waals surface area contributed by atoms with Crippen molar-refractivity contribution in [3.63, 3.8) is 0 Å². The second-order valence-electron chi connectivity index (χ2n) is 2.01. The number of hydrogen-bond donors (Lipinski definition) is 0. The van der Waals surface area contributed by atoms with Crippen molar-refractivity contribution < 1.29 is 9.21 Å². The molecule has 0 N–H and O–H groups in total. The topological polar surface area (TPSA) is 56.0 Å². The number of hydrogen-bond acceptors (Lipinski definition) is 4. The van der Waals surface area contributed by atoms with Crippen molar-refractivity contribution in [2.45, 2.75) is 0 Å². The molecule has 2 aromatic rings. The Morgan fingerprint density at radius 1 is 1.15 bits per heavy atom. The van der Waals surface area contributed by atoms with Crippen molar-refractivity contribution in [3.05, 3.63) is 48.9 Å². The number of aldehydes is 1. The highest BCUT2D eigenvalue weighted by Crippen LogP contribution is 1.85. The van der Waals surface area contributed by atoms with Crippen molar-refractivity contribution >= 4 is 6.29 Å². The summed E-state index contributed by atoms with van der Waals surface area (Å²) in [6, 6.07) is 5.72. The van der Waals surface area contributed by atoms with Crippen LogP contribution in [0.4, 0.5) is 0 Å². The van der Waals surface area contributed by atoms with E-state index in [1.54, 1.807) is 12.4 Å². The molecule has 0 saturated carbocycles. The smallest absolute Gasteiger partial charge is 0.259 e. The lowest BCUT2D eigenvalue weighted by Crippen LogP contribution is -1.72. The minimum absolute atomic E-state index is 0.125. The van der Waals surface area contributed by atoms with E-state index in [2.05, 4.69) is 14.4 Å². The highest BCUT2D eigenvalue weighted by Gasteiger charge is 1.86. The van der Waals surface area contributed by atoms with Crippen LogP contribution in [0.2, 0.25) is 0 Å². The Kier molecular flexibility index (Phi) is 3.96. The van der Waals surface area contributed by atoms with E-state index in [9.17, 15) is 4.79 Å². The Balaban J connectivity index is 0.000000132. The monoisotopic (exact) mass is 176 g/mol. The number of carbonyl (C=O) groups excluding carboxylic acids is 1. The zero-order valence-electron chi connectivity index (χ0n) is 6.83. The maximum atomic E-state index is 9.71. The summed E-state index contributed by atoms with van der Waals surface area (Å²) in [6.45, 7) is 0. The normalized spacial score (nSPS) is 8.31. The third-order valence-corrected chi connectivity index (χ3v) is 1.12. The molecule has 2 aromatic heterocycles. The molecule has 0 unspecified atom stereocenters. The fraction of sp³-hybridized carbons (Fsp3) is 0.